The van der Waals surface area contributed by atoms with Gasteiger partial charge in [-0.05, 0) is 151 Å². The second-order valence-electron chi connectivity index (χ2n) is 20.5. The molecule has 16 nitrogen and oxygen atoms in total. The Kier molecular flexibility index (Phi) is 19.2. The van der Waals surface area contributed by atoms with Crippen LogP contribution in [0.3, 0.4) is 0 Å². The van der Waals surface area contributed by atoms with Gasteiger partial charge in [-0.15, -0.1) is 0 Å². The average Bonchev–Trinajstić information content (AvgIpc) is 3.64. The van der Waals surface area contributed by atoms with Crippen LogP contribution in [0.5, 0.6) is 11.5 Å². The Morgan fingerprint density at radius 3 is 1.42 bits per heavy atom. The number of carbonyl (C=O) groups is 2. The smallest absolute Gasteiger partial charge is 0.416 e. The molecule has 6 rings (SSSR count). The second-order valence-corrected chi connectivity index (χ2v) is 28.3. The third kappa shape index (κ3) is 17.1. The first-order valence-corrected chi connectivity index (χ1v) is 30.7. The zero-order valence-electron chi connectivity index (χ0n) is 43.7. The lowest BCUT2D eigenvalue weighted by molar-refractivity contribution is -0.158. The zero-order valence-corrected chi connectivity index (χ0v) is 47.0. The topological polar surface area (TPSA) is 223 Å². The van der Waals surface area contributed by atoms with E-state index in [1.807, 2.05) is 0 Å². The fraction of sp³-hybridized carbons (Fsp3) is 0.490. The van der Waals surface area contributed by atoms with Crippen molar-refractivity contribution < 1.29 is 88.6 Å². The standard InChI is InChI=1S/C26H32F3NO7S2.C25H30F3NO7S2/c1-25(2,3)37-24(31)16-36-23-12-8-10-20-21(23)9-6-7-11-22(20)30(4)39(34,35)19-14-17(26(27,28)29)13-18(15-19)38(5,32)33;1-24(2,3)36-23(30)15-35-22-11-7-9-19-20(22)8-5-6-10-21(19)29-38(33,34)18-13-16(25(26,27)28)12-17(14-18)37(4,31)32/h8,10,12-15,22H,6-7,9,11,16H2,1-5H3;7,9,11-14,21,29H,5-6,8,10,15H2,1-4H3. The number of benzene rings is 4. The first-order valence-electron chi connectivity index (χ1n) is 24.0. The van der Waals surface area contributed by atoms with E-state index in [0.29, 0.717) is 128 Å². The number of nitrogens with zero attached hydrogens (tertiary/aromatic N) is 1. The molecular weight excluding hydrogens is 1110 g/mol. The summed E-state index contributed by atoms with van der Waals surface area (Å²) < 4.78 is 208. The molecule has 0 saturated carbocycles. The number of hydrogen-bond acceptors (Lipinski definition) is 14. The van der Waals surface area contributed by atoms with E-state index in [4.69, 9.17) is 18.9 Å². The molecule has 0 radical (unpaired) electrons. The van der Waals surface area contributed by atoms with Gasteiger partial charge < -0.3 is 18.9 Å². The molecule has 2 aliphatic rings. The van der Waals surface area contributed by atoms with Crippen LogP contribution in [-0.4, -0.2) is 93.9 Å². The normalized spacial score (nSPS) is 16.9. The van der Waals surface area contributed by atoms with Crippen molar-refractivity contribution in [1.29, 1.82) is 0 Å². The lowest BCUT2D eigenvalue weighted by Crippen LogP contribution is -2.32. The fourth-order valence-electron chi connectivity index (χ4n) is 8.52. The van der Waals surface area contributed by atoms with Crippen LogP contribution in [0.15, 0.2) is 92.4 Å². The van der Waals surface area contributed by atoms with E-state index in [9.17, 15) is 69.6 Å². The minimum Gasteiger partial charge on any atom is -0.482 e. The van der Waals surface area contributed by atoms with Gasteiger partial charge in [-0.2, -0.15) is 30.6 Å². The predicted molar refractivity (Wildman–Crippen MR) is 271 cm³/mol. The summed E-state index contributed by atoms with van der Waals surface area (Å²) in [6, 6.07) is 11.5. The number of sulfone groups is 2. The molecule has 2 atom stereocenters. The Morgan fingerprint density at radius 1 is 0.571 bits per heavy atom. The molecule has 4 aromatic carbocycles. The largest absolute Gasteiger partial charge is 0.482 e. The number of esters is 2. The number of fused-ring (bicyclic) bond motifs is 2. The van der Waals surface area contributed by atoms with Crippen LogP contribution in [0.4, 0.5) is 26.3 Å². The van der Waals surface area contributed by atoms with E-state index in [-0.39, 0.29) is 13.2 Å². The first kappa shape index (κ1) is 62.6. The minimum absolute atomic E-state index is 0.347. The zero-order chi connectivity index (χ0) is 57.9. The van der Waals surface area contributed by atoms with Crippen molar-refractivity contribution in [3.05, 3.63) is 106 Å². The monoisotopic (exact) mass is 1170 g/mol. The van der Waals surface area contributed by atoms with Gasteiger partial charge in [0.1, 0.15) is 22.7 Å². The summed E-state index contributed by atoms with van der Waals surface area (Å²) in [5.74, 6) is -0.393. The van der Waals surface area contributed by atoms with Crippen molar-refractivity contribution in [3.63, 3.8) is 0 Å². The number of rotatable bonds is 14. The third-order valence-corrected chi connectivity index (χ3v) is 17.4. The fourth-order valence-corrected chi connectivity index (χ4v) is 12.8. The number of alkyl halides is 6. The van der Waals surface area contributed by atoms with Crippen LogP contribution < -0.4 is 14.2 Å². The van der Waals surface area contributed by atoms with Gasteiger partial charge in [0, 0.05) is 25.6 Å². The summed E-state index contributed by atoms with van der Waals surface area (Å²) >= 11 is 0. The van der Waals surface area contributed by atoms with E-state index in [2.05, 4.69) is 4.72 Å². The maximum absolute atomic E-state index is 13.6. The van der Waals surface area contributed by atoms with Gasteiger partial charge in [0.25, 0.3) is 0 Å². The Bertz CT molecular complexity index is 3300. The van der Waals surface area contributed by atoms with Gasteiger partial charge in [0.05, 0.1) is 36.8 Å². The number of hydrogen-bond donors (Lipinski definition) is 1. The Balaban J connectivity index is 0.000000284. The SMILES string of the molecule is CC(C)(C)OC(=O)COc1cccc2c1CCCCC2NS(=O)(=O)c1cc(C(F)(F)F)cc(S(C)(=O)=O)c1.CN(C1CCCCc2c(OCC(=O)OC(C)(C)C)cccc21)S(=O)(=O)c1cc(C(F)(F)F)cc(S(C)(=O)=O)c1. The van der Waals surface area contributed by atoms with E-state index in [0.717, 1.165) is 10.4 Å². The highest BCUT2D eigenvalue weighted by molar-refractivity contribution is 7.91. The molecule has 0 aromatic heterocycles. The Morgan fingerprint density at radius 2 is 0.974 bits per heavy atom. The van der Waals surface area contributed by atoms with Crippen molar-refractivity contribution in [2.24, 2.45) is 0 Å². The number of nitrogens with one attached hydrogen (secondary N) is 1. The Labute approximate surface area is 445 Å². The van der Waals surface area contributed by atoms with E-state index >= 15 is 0 Å². The molecule has 426 valence electrons. The molecule has 0 spiro atoms. The quantitative estimate of drug-likeness (QED) is 0.0706. The lowest BCUT2D eigenvalue weighted by atomic mass is 9.98. The second kappa shape index (κ2) is 23.6. The van der Waals surface area contributed by atoms with E-state index in [1.54, 1.807) is 77.9 Å². The van der Waals surface area contributed by atoms with Crippen LogP contribution >= 0.6 is 0 Å². The summed E-state index contributed by atoms with van der Waals surface area (Å²) in [6.07, 6.45) is -4.14. The molecule has 2 aliphatic carbocycles. The molecule has 4 aromatic rings. The molecule has 77 heavy (non-hydrogen) atoms. The van der Waals surface area contributed by atoms with E-state index in [1.165, 1.54) is 7.05 Å². The average molecular weight is 1170 g/mol. The molecule has 0 bridgehead atoms. The van der Waals surface area contributed by atoms with Crippen molar-refractivity contribution in [3.8, 4) is 11.5 Å². The Hall–Kier alpha value is -5.28. The van der Waals surface area contributed by atoms with Crippen LogP contribution in [0.25, 0.3) is 0 Å². The maximum Gasteiger partial charge on any atom is 0.416 e. The van der Waals surface area contributed by atoms with Crippen molar-refractivity contribution in [2.45, 2.75) is 148 Å². The predicted octanol–water partition coefficient (Wildman–Crippen LogP) is 9.49. The van der Waals surface area contributed by atoms with Gasteiger partial charge in [-0.25, -0.2) is 48.0 Å². The molecular formula is C51H62F6N2O14S4. The minimum atomic E-state index is -4.96. The summed E-state index contributed by atoms with van der Waals surface area (Å²) in [7, 11) is -16.2. The summed E-state index contributed by atoms with van der Waals surface area (Å²) in [4.78, 5) is 21.2. The number of ether oxygens (including phenoxy) is 4. The molecule has 0 saturated heterocycles. The third-order valence-electron chi connectivity index (χ3n) is 11.9. The van der Waals surface area contributed by atoms with Crippen LogP contribution in [0.2, 0.25) is 0 Å². The van der Waals surface area contributed by atoms with Crippen LogP contribution in [0, 0.1) is 0 Å². The van der Waals surface area contributed by atoms with Gasteiger partial charge in [-0.3, -0.25) is 0 Å². The van der Waals surface area contributed by atoms with Crippen molar-refractivity contribution in [2.75, 3.05) is 32.8 Å². The van der Waals surface area contributed by atoms with Gasteiger partial charge in [0.2, 0.25) is 20.0 Å². The molecule has 0 amide bonds. The summed E-state index contributed by atoms with van der Waals surface area (Å²) in [5, 5.41) is 0. The highest BCUT2D eigenvalue weighted by Gasteiger charge is 2.38. The van der Waals surface area contributed by atoms with Crippen LogP contribution in [-0.2, 0) is 84.0 Å². The van der Waals surface area contributed by atoms with Crippen molar-refractivity contribution in [1.82, 2.24) is 9.03 Å². The summed E-state index contributed by atoms with van der Waals surface area (Å²) in [5.41, 5.74) is -1.65. The van der Waals surface area contributed by atoms with E-state index < -0.39 is 118 Å². The molecule has 0 fully saturated rings. The highest BCUT2D eigenvalue weighted by Crippen LogP contribution is 2.42. The van der Waals surface area contributed by atoms with Gasteiger partial charge in [0.15, 0.2) is 32.9 Å². The lowest BCUT2D eigenvalue weighted by Gasteiger charge is -2.29. The maximum atomic E-state index is 13.6. The first-order chi connectivity index (χ1) is 35.2. The summed E-state index contributed by atoms with van der Waals surface area (Å²) in [6.45, 7) is 9.63. The van der Waals surface area contributed by atoms with Crippen LogP contribution in [0.1, 0.15) is 126 Å². The molecule has 1 N–H and O–H groups in total. The van der Waals surface area contributed by atoms with Gasteiger partial charge in [-0.1, -0.05) is 37.1 Å². The number of halogens is 6. The molecule has 2 unspecified atom stereocenters. The highest BCUT2D eigenvalue weighted by atomic mass is 32.2. The van der Waals surface area contributed by atoms with Gasteiger partial charge >= 0.3 is 24.3 Å². The number of carbonyl (C=O) groups excluding carboxylic acids is 2. The molecule has 26 heteroatoms. The molecule has 0 aliphatic heterocycles. The number of sulfonamides is 2. The van der Waals surface area contributed by atoms with Crippen molar-refractivity contribution >= 4 is 51.7 Å². The molecule has 0 heterocycles.